The summed E-state index contributed by atoms with van der Waals surface area (Å²) in [6.45, 7) is 7.05. The number of fused-ring (bicyclic) bond motifs is 2. The van der Waals surface area contributed by atoms with Crippen molar-refractivity contribution in [2.24, 2.45) is 12.5 Å². The molecule has 2 aromatic carbocycles. The Labute approximate surface area is 172 Å². The van der Waals surface area contributed by atoms with Crippen molar-refractivity contribution in [1.82, 2.24) is 4.57 Å². The summed E-state index contributed by atoms with van der Waals surface area (Å²) in [7, 11) is 2.02. The number of benzene rings is 2. The van der Waals surface area contributed by atoms with Gasteiger partial charge < -0.3 is 14.4 Å². The van der Waals surface area contributed by atoms with Gasteiger partial charge in [0.1, 0.15) is 5.75 Å². The highest BCUT2D eigenvalue weighted by molar-refractivity contribution is 5.98. The van der Waals surface area contributed by atoms with E-state index < -0.39 is 11.9 Å². The normalized spacial score (nSPS) is 15.0. The Morgan fingerprint density at radius 2 is 2.00 bits per heavy atom. The van der Waals surface area contributed by atoms with E-state index in [4.69, 9.17) is 4.74 Å². The first-order valence-corrected chi connectivity index (χ1v) is 10.3. The van der Waals surface area contributed by atoms with Crippen LogP contribution in [0.2, 0.25) is 0 Å². The molecule has 0 saturated heterocycles. The zero-order chi connectivity index (χ0) is 20.8. The first-order chi connectivity index (χ1) is 13.7. The van der Waals surface area contributed by atoms with Gasteiger partial charge >= 0.3 is 5.97 Å². The molecule has 0 bridgehead atoms. The molecule has 1 aromatic heterocycles. The molecule has 1 atom stereocenters. The van der Waals surface area contributed by atoms with E-state index in [0.29, 0.717) is 6.42 Å². The Morgan fingerprint density at radius 1 is 1.21 bits per heavy atom. The summed E-state index contributed by atoms with van der Waals surface area (Å²) in [5.41, 5.74) is 5.18. The molecule has 29 heavy (non-hydrogen) atoms. The highest BCUT2D eigenvalue weighted by Crippen LogP contribution is 2.42. The SMILES string of the molecule is Cn1ccc2ccc(C(CC(C)(C)C)C(=O)O)c(-c3ccc4c(c3)CCCO4)c21. The van der Waals surface area contributed by atoms with Crippen molar-refractivity contribution in [2.45, 2.75) is 46.0 Å². The molecule has 0 fully saturated rings. The van der Waals surface area contributed by atoms with Crippen molar-refractivity contribution in [2.75, 3.05) is 6.61 Å². The fourth-order valence-corrected chi connectivity index (χ4v) is 4.46. The van der Waals surface area contributed by atoms with Gasteiger partial charge in [-0.15, -0.1) is 0 Å². The van der Waals surface area contributed by atoms with E-state index in [0.717, 1.165) is 52.8 Å². The van der Waals surface area contributed by atoms with Gasteiger partial charge in [-0.3, -0.25) is 4.79 Å². The number of nitrogens with zero attached hydrogens (tertiary/aromatic N) is 1. The number of ether oxygens (including phenoxy) is 1. The van der Waals surface area contributed by atoms with Crippen LogP contribution in [0.3, 0.4) is 0 Å². The molecule has 3 aromatic rings. The van der Waals surface area contributed by atoms with Crippen LogP contribution in [0, 0.1) is 5.41 Å². The van der Waals surface area contributed by atoms with E-state index in [-0.39, 0.29) is 5.41 Å². The van der Waals surface area contributed by atoms with Crippen LogP contribution in [-0.4, -0.2) is 22.2 Å². The molecule has 1 aliphatic heterocycles. The molecule has 152 valence electrons. The van der Waals surface area contributed by atoms with Crippen LogP contribution >= 0.6 is 0 Å². The Bertz CT molecular complexity index is 1070. The lowest BCUT2D eigenvalue weighted by Crippen LogP contribution is -2.20. The molecule has 1 aliphatic rings. The Kier molecular flexibility index (Phi) is 4.89. The molecular weight excluding hydrogens is 362 g/mol. The first-order valence-electron chi connectivity index (χ1n) is 10.3. The van der Waals surface area contributed by atoms with Crippen LogP contribution in [0.15, 0.2) is 42.6 Å². The van der Waals surface area contributed by atoms with Gasteiger partial charge in [0.2, 0.25) is 0 Å². The van der Waals surface area contributed by atoms with E-state index in [1.807, 2.05) is 31.4 Å². The monoisotopic (exact) mass is 391 g/mol. The van der Waals surface area contributed by atoms with Gasteiger partial charge in [-0.1, -0.05) is 39.0 Å². The second-order valence-corrected chi connectivity index (χ2v) is 9.32. The smallest absolute Gasteiger partial charge is 0.311 e. The summed E-state index contributed by atoms with van der Waals surface area (Å²) in [6, 6.07) is 12.5. The molecule has 1 unspecified atom stereocenters. The van der Waals surface area contributed by atoms with Gasteiger partial charge in [-0.2, -0.15) is 0 Å². The standard InChI is InChI=1S/C25H29NO3/c1-25(2,3)15-20(24(27)28)19-9-7-16-11-12-26(4)23(16)22(19)18-8-10-21-17(14-18)6-5-13-29-21/h7-12,14,20H,5-6,13,15H2,1-4H3,(H,27,28). The molecule has 0 spiro atoms. The van der Waals surface area contributed by atoms with E-state index in [2.05, 4.69) is 43.5 Å². The zero-order valence-corrected chi connectivity index (χ0v) is 17.7. The topological polar surface area (TPSA) is 51.5 Å². The van der Waals surface area contributed by atoms with Crippen molar-refractivity contribution in [3.05, 3.63) is 53.7 Å². The summed E-state index contributed by atoms with van der Waals surface area (Å²) in [6.07, 6.45) is 4.63. The second-order valence-electron chi connectivity index (χ2n) is 9.32. The predicted octanol–water partition coefficient (Wildman–Crippen LogP) is 5.77. The maximum absolute atomic E-state index is 12.3. The van der Waals surface area contributed by atoms with Crippen molar-refractivity contribution in [1.29, 1.82) is 0 Å². The third kappa shape index (κ3) is 3.76. The summed E-state index contributed by atoms with van der Waals surface area (Å²) in [5, 5.41) is 11.2. The number of aromatic nitrogens is 1. The average Bonchev–Trinajstić information content (AvgIpc) is 3.05. The second kappa shape index (κ2) is 7.25. The van der Waals surface area contributed by atoms with Crippen LogP contribution in [0.5, 0.6) is 5.75 Å². The predicted molar refractivity (Wildman–Crippen MR) is 117 cm³/mol. The minimum Gasteiger partial charge on any atom is -0.493 e. The highest BCUT2D eigenvalue weighted by Gasteiger charge is 2.30. The van der Waals surface area contributed by atoms with Crippen molar-refractivity contribution in [3.63, 3.8) is 0 Å². The fourth-order valence-electron chi connectivity index (χ4n) is 4.46. The molecule has 1 N–H and O–H groups in total. The van der Waals surface area contributed by atoms with E-state index >= 15 is 0 Å². The lowest BCUT2D eigenvalue weighted by Gasteiger charge is -2.26. The summed E-state index contributed by atoms with van der Waals surface area (Å²) in [5.74, 6) is -0.377. The molecule has 2 heterocycles. The molecule has 0 amide bonds. The minimum absolute atomic E-state index is 0.0901. The van der Waals surface area contributed by atoms with Crippen molar-refractivity contribution < 1.29 is 14.6 Å². The lowest BCUT2D eigenvalue weighted by molar-refractivity contribution is -0.139. The van der Waals surface area contributed by atoms with Gasteiger partial charge in [0.25, 0.3) is 0 Å². The number of carboxylic acids is 1. The van der Waals surface area contributed by atoms with E-state index in [1.54, 1.807) is 0 Å². The van der Waals surface area contributed by atoms with Crippen molar-refractivity contribution in [3.8, 4) is 16.9 Å². The largest absolute Gasteiger partial charge is 0.493 e. The molecule has 0 radical (unpaired) electrons. The maximum atomic E-state index is 12.3. The molecule has 4 heteroatoms. The van der Waals surface area contributed by atoms with E-state index in [9.17, 15) is 9.90 Å². The minimum atomic E-state index is -0.768. The molecule has 0 saturated carbocycles. The van der Waals surface area contributed by atoms with Crippen LogP contribution in [0.25, 0.3) is 22.0 Å². The van der Waals surface area contributed by atoms with Crippen LogP contribution in [0.4, 0.5) is 0 Å². The number of aliphatic carboxylic acids is 1. The van der Waals surface area contributed by atoms with Gasteiger partial charge in [-0.05, 0) is 59.6 Å². The quantitative estimate of drug-likeness (QED) is 0.614. The fraction of sp³-hybridized carbons (Fsp3) is 0.400. The molecule has 4 rings (SSSR count). The number of hydrogen-bond acceptors (Lipinski definition) is 2. The number of hydrogen-bond donors (Lipinski definition) is 1. The van der Waals surface area contributed by atoms with Gasteiger partial charge in [0.05, 0.1) is 18.0 Å². The summed E-state index contributed by atoms with van der Waals surface area (Å²) >= 11 is 0. The van der Waals surface area contributed by atoms with E-state index in [1.165, 1.54) is 5.56 Å². The molecule has 0 aliphatic carbocycles. The lowest BCUT2D eigenvalue weighted by atomic mass is 9.78. The Hall–Kier alpha value is -2.75. The first kappa shape index (κ1) is 19.6. The third-order valence-electron chi connectivity index (χ3n) is 5.76. The molecule has 4 nitrogen and oxygen atoms in total. The Balaban J connectivity index is 1.97. The third-order valence-corrected chi connectivity index (χ3v) is 5.76. The van der Waals surface area contributed by atoms with Gasteiger partial charge in [0.15, 0.2) is 0 Å². The zero-order valence-electron chi connectivity index (χ0n) is 17.7. The highest BCUT2D eigenvalue weighted by atomic mass is 16.5. The summed E-state index contributed by atoms with van der Waals surface area (Å²) < 4.78 is 7.89. The Morgan fingerprint density at radius 3 is 2.72 bits per heavy atom. The number of rotatable bonds is 4. The van der Waals surface area contributed by atoms with Gasteiger partial charge in [-0.25, -0.2) is 0 Å². The van der Waals surface area contributed by atoms with Crippen LogP contribution < -0.4 is 4.74 Å². The average molecular weight is 392 g/mol. The number of carbonyl (C=O) groups is 1. The van der Waals surface area contributed by atoms with Crippen LogP contribution in [0.1, 0.15) is 50.7 Å². The van der Waals surface area contributed by atoms with Crippen LogP contribution in [-0.2, 0) is 18.3 Å². The van der Waals surface area contributed by atoms with Crippen molar-refractivity contribution >= 4 is 16.9 Å². The molecular formula is C25H29NO3. The summed E-state index contributed by atoms with van der Waals surface area (Å²) in [4.78, 5) is 12.3. The number of aryl methyl sites for hydroxylation is 2. The van der Waals surface area contributed by atoms with Gasteiger partial charge in [0, 0.05) is 24.2 Å². The number of carboxylic acid groups (broad SMARTS) is 1. The maximum Gasteiger partial charge on any atom is 0.311 e.